The second kappa shape index (κ2) is 4.29. The van der Waals surface area contributed by atoms with Crippen molar-refractivity contribution in [1.29, 1.82) is 0 Å². The summed E-state index contributed by atoms with van der Waals surface area (Å²) in [5, 5.41) is 12.2. The molecule has 1 aliphatic rings. The quantitative estimate of drug-likeness (QED) is 0.804. The zero-order valence-corrected chi connectivity index (χ0v) is 10.4. The Morgan fingerprint density at radius 1 is 1.39 bits per heavy atom. The Bertz CT molecular complexity index is 478. The van der Waals surface area contributed by atoms with Gasteiger partial charge in [-0.05, 0) is 20.8 Å². The Kier molecular flexibility index (Phi) is 2.94. The van der Waals surface area contributed by atoms with Crippen LogP contribution in [0.2, 0.25) is 0 Å². The zero-order valence-electron chi connectivity index (χ0n) is 10.4. The van der Waals surface area contributed by atoms with E-state index in [4.69, 9.17) is 14.2 Å². The Morgan fingerprint density at radius 2 is 2.11 bits per heavy atom. The number of phenolic OH excluding ortho intramolecular Hbond substituents is 1. The molecule has 0 saturated heterocycles. The van der Waals surface area contributed by atoms with E-state index < -0.39 is 11.7 Å². The molecule has 0 fully saturated rings. The van der Waals surface area contributed by atoms with Crippen molar-refractivity contribution in [3.05, 3.63) is 12.1 Å². The van der Waals surface area contributed by atoms with Crippen LogP contribution in [0.1, 0.15) is 20.8 Å². The van der Waals surface area contributed by atoms with Gasteiger partial charge in [0.2, 0.25) is 12.5 Å². The molecule has 1 amide bonds. The van der Waals surface area contributed by atoms with E-state index in [0.717, 1.165) is 0 Å². The van der Waals surface area contributed by atoms with Gasteiger partial charge >= 0.3 is 6.09 Å². The molecule has 1 aromatic rings. The lowest BCUT2D eigenvalue weighted by Crippen LogP contribution is -2.27. The number of fused-ring (bicyclic) bond motifs is 1. The van der Waals surface area contributed by atoms with E-state index in [1.54, 1.807) is 26.8 Å². The number of rotatable bonds is 1. The fourth-order valence-corrected chi connectivity index (χ4v) is 1.49. The van der Waals surface area contributed by atoms with Crippen LogP contribution in [0.4, 0.5) is 10.5 Å². The molecule has 0 radical (unpaired) electrons. The van der Waals surface area contributed by atoms with Gasteiger partial charge < -0.3 is 19.3 Å². The van der Waals surface area contributed by atoms with Gasteiger partial charge in [-0.3, -0.25) is 5.32 Å². The van der Waals surface area contributed by atoms with E-state index in [0.29, 0.717) is 11.4 Å². The minimum absolute atomic E-state index is 0.0543. The number of ether oxygens (including phenoxy) is 3. The molecule has 1 heterocycles. The number of anilines is 1. The molecule has 98 valence electrons. The molecule has 2 rings (SSSR count). The summed E-state index contributed by atoms with van der Waals surface area (Å²) in [5.74, 6) is 0.585. The molecule has 0 spiro atoms. The average Bonchev–Trinajstić information content (AvgIpc) is 2.62. The minimum Gasteiger partial charge on any atom is -0.504 e. The van der Waals surface area contributed by atoms with Gasteiger partial charge in [0.15, 0.2) is 11.5 Å². The standard InChI is InChI=1S/C12H15NO5/c1-12(2,3)18-11(15)13-7-4-8(14)10-9(5-7)16-6-17-10/h4-5,14H,6H2,1-3H3,(H,13,15). The number of hydrogen-bond acceptors (Lipinski definition) is 5. The monoisotopic (exact) mass is 253 g/mol. The summed E-state index contributed by atoms with van der Waals surface area (Å²) < 4.78 is 15.3. The number of carbonyl (C=O) groups is 1. The second-order valence-corrected chi connectivity index (χ2v) is 4.86. The first-order valence-electron chi connectivity index (χ1n) is 5.48. The van der Waals surface area contributed by atoms with Crippen molar-refractivity contribution in [3.8, 4) is 17.2 Å². The third-order valence-corrected chi connectivity index (χ3v) is 2.10. The van der Waals surface area contributed by atoms with E-state index in [1.807, 2.05) is 0 Å². The Hall–Kier alpha value is -2.11. The van der Waals surface area contributed by atoms with Crippen LogP contribution in [-0.2, 0) is 4.74 Å². The van der Waals surface area contributed by atoms with Crippen LogP contribution in [0.5, 0.6) is 17.2 Å². The number of nitrogens with one attached hydrogen (secondary N) is 1. The van der Waals surface area contributed by atoms with Crippen molar-refractivity contribution < 1.29 is 24.1 Å². The summed E-state index contributed by atoms with van der Waals surface area (Å²) in [6.45, 7) is 5.36. The van der Waals surface area contributed by atoms with Crippen molar-refractivity contribution in [1.82, 2.24) is 0 Å². The molecule has 6 nitrogen and oxygen atoms in total. The molecular formula is C12H15NO5. The number of aromatic hydroxyl groups is 1. The summed E-state index contributed by atoms with van der Waals surface area (Å²) in [7, 11) is 0. The number of benzene rings is 1. The van der Waals surface area contributed by atoms with Gasteiger partial charge in [-0.2, -0.15) is 0 Å². The first-order chi connectivity index (χ1) is 8.35. The SMILES string of the molecule is CC(C)(C)OC(=O)Nc1cc(O)c2c(c1)OCO2. The van der Waals surface area contributed by atoms with E-state index in [2.05, 4.69) is 5.32 Å². The molecule has 0 aliphatic carbocycles. The van der Waals surface area contributed by atoms with Crippen molar-refractivity contribution in [2.75, 3.05) is 12.1 Å². The van der Waals surface area contributed by atoms with E-state index in [9.17, 15) is 9.90 Å². The fraction of sp³-hybridized carbons (Fsp3) is 0.417. The lowest BCUT2D eigenvalue weighted by Gasteiger charge is -2.19. The van der Waals surface area contributed by atoms with Gasteiger partial charge in [-0.25, -0.2) is 4.79 Å². The number of amides is 1. The highest BCUT2D eigenvalue weighted by Crippen LogP contribution is 2.42. The predicted octanol–water partition coefficient (Wildman–Crippen LogP) is 2.47. The maximum atomic E-state index is 11.6. The summed E-state index contributed by atoms with van der Waals surface area (Å²) in [6, 6.07) is 2.93. The van der Waals surface area contributed by atoms with Gasteiger partial charge in [-0.15, -0.1) is 0 Å². The lowest BCUT2D eigenvalue weighted by atomic mass is 10.2. The second-order valence-electron chi connectivity index (χ2n) is 4.86. The van der Waals surface area contributed by atoms with Crippen LogP contribution in [0, 0.1) is 0 Å². The highest BCUT2D eigenvalue weighted by molar-refractivity contribution is 5.86. The summed E-state index contributed by atoms with van der Waals surface area (Å²) in [6.07, 6.45) is -0.597. The van der Waals surface area contributed by atoms with E-state index in [-0.39, 0.29) is 18.3 Å². The molecule has 0 aromatic heterocycles. The first-order valence-corrected chi connectivity index (χ1v) is 5.48. The molecule has 2 N–H and O–H groups in total. The molecule has 0 unspecified atom stereocenters. The lowest BCUT2D eigenvalue weighted by molar-refractivity contribution is 0.0636. The molecule has 0 saturated carbocycles. The molecule has 0 atom stereocenters. The van der Waals surface area contributed by atoms with Crippen LogP contribution in [0.25, 0.3) is 0 Å². The Morgan fingerprint density at radius 3 is 2.78 bits per heavy atom. The first kappa shape index (κ1) is 12.3. The third kappa shape index (κ3) is 2.77. The van der Waals surface area contributed by atoms with Gasteiger partial charge in [0.1, 0.15) is 5.60 Å². The van der Waals surface area contributed by atoms with Crippen molar-refractivity contribution in [3.63, 3.8) is 0 Å². The maximum absolute atomic E-state index is 11.6. The van der Waals surface area contributed by atoms with Crippen LogP contribution < -0.4 is 14.8 Å². The van der Waals surface area contributed by atoms with Crippen molar-refractivity contribution in [2.24, 2.45) is 0 Å². The van der Waals surface area contributed by atoms with Crippen molar-refractivity contribution in [2.45, 2.75) is 26.4 Å². The topological polar surface area (TPSA) is 77.0 Å². The van der Waals surface area contributed by atoms with Gasteiger partial charge in [0.05, 0.1) is 5.69 Å². The largest absolute Gasteiger partial charge is 0.504 e. The van der Waals surface area contributed by atoms with Crippen LogP contribution >= 0.6 is 0 Å². The number of carbonyl (C=O) groups excluding carboxylic acids is 1. The van der Waals surface area contributed by atoms with Gasteiger partial charge in [-0.1, -0.05) is 0 Å². The highest BCUT2D eigenvalue weighted by atomic mass is 16.7. The van der Waals surface area contributed by atoms with Gasteiger partial charge in [0.25, 0.3) is 0 Å². The highest BCUT2D eigenvalue weighted by Gasteiger charge is 2.21. The molecule has 0 bridgehead atoms. The summed E-state index contributed by atoms with van der Waals surface area (Å²) in [4.78, 5) is 11.6. The van der Waals surface area contributed by atoms with Crippen LogP contribution in [0.15, 0.2) is 12.1 Å². The van der Waals surface area contributed by atoms with Gasteiger partial charge in [0, 0.05) is 12.1 Å². The molecule has 1 aromatic carbocycles. The van der Waals surface area contributed by atoms with Crippen LogP contribution in [0.3, 0.4) is 0 Å². The Balaban J connectivity index is 2.11. The third-order valence-electron chi connectivity index (χ3n) is 2.10. The smallest absolute Gasteiger partial charge is 0.412 e. The predicted molar refractivity (Wildman–Crippen MR) is 64.1 cm³/mol. The van der Waals surface area contributed by atoms with Crippen LogP contribution in [-0.4, -0.2) is 23.6 Å². The maximum Gasteiger partial charge on any atom is 0.412 e. The molecule has 18 heavy (non-hydrogen) atoms. The molecular weight excluding hydrogens is 238 g/mol. The summed E-state index contributed by atoms with van der Waals surface area (Å²) >= 11 is 0. The molecule has 6 heteroatoms. The minimum atomic E-state index is -0.597. The normalized spacial score (nSPS) is 13.3. The van der Waals surface area contributed by atoms with E-state index >= 15 is 0 Å². The summed E-state index contributed by atoms with van der Waals surface area (Å²) in [5.41, 5.74) is -0.200. The average molecular weight is 253 g/mol. The number of hydrogen-bond donors (Lipinski definition) is 2. The van der Waals surface area contributed by atoms with Crippen molar-refractivity contribution >= 4 is 11.8 Å². The van der Waals surface area contributed by atoms with E-state index in [1.165, 1.54) is 6.07 Å². The Labute approximate surface area is 104 Å². The molecule has 1 aliphatic heterocycles. The fourth-order valence-electron chi connectivity index (χ4n) is 1.49. The number of phenols is 1. The zero-order chi connectivity index (χ0) is 13.3.